The molecule has 0 spiro atoms. The summed E-state index contributed by atoms with van der Waals surface area (Å²) in [7, 11) is 0. The summed E-state index contributed by atoms with van der Waals surface area (Å²) in [5.74, 6) is 0. The van der Waals surface area contributed by atoms with E-state index in [9.17, 15) is 4.79 Å². The van der Waals surface area contributed by atoms with E-state index >= 15 is 0 Å². The van der Waals surface area contributed by atoms with Crippen molar-refractivity contribution in [3.8, 4) is 0 Å². The van der Waals surface area contributed by atoms with Gasteiger partial charge >= 0.3 is 0 Å². The highest BCUT2D eigenvalue weighted by atomic mass is 16.7. The van der Waals surface area contributed by atoms with Gasteiger partial charge in [-0.15, -0.1) is 0 Å². The van der Waals surface area contributed by atoms with Gasteiger partial charge in [0.15, 0.2) is 0 Å². The molecule has 0 unspecified atom stereocenters. The second-order valence-corrected chi connectivity index (χ2v) is 3.72. The Balaban J connectivity index is 2.33. The molecular formula is C13H15NO2. The molecule has 1 aromatic carbocycles. The zero-order valence-electron chi connectivity index (χ0n) is 9.35. The van der Waals surface area contributed by atoms with Gasteiger partial charge in [-0.05, 0) is 23.9 Å². The zero-order chi connectivity index (χ0) is 11.4. The van der Waals surface area contributed by atoms with Gasteiger partial charge in [-0.2, -0.15) is 4.73 Å². The molecule has 0 aliphatic carbocycles. The fourth-order valence-electron chi connectivity index (χ4n) is 1.58. The number of unbranched alkanes of at least 4 members (excludes halogenated alkanes) is 1. The van der Waals surface area contributed by atoms with Crippen LogP contribution in [0.3, 0.4) is 0 Å². The van der Waals surface area contributed by atoms with Crippen LogP contribution < -0.4 is 10.4 Å². The number of fused-ring (bicyclic) bond motifs is 1. The van der Waals surface area contributed by atoms with Crippen LogP contribution >= 0.6 is 0 Å². The first-order valence-electron chi connectivity index (χ1n) is 5.56. The van der Waals surface area contributed by atoms with Crippen molar-refractivity contribution in [3.05, 3.63) is 46.9 Å². The van der Waals surface area contributed by atoms with Crippen molar-refractivity contribution in [1.82, 2.24) is 4.73 Å². The fraction of sp³-hybridized carbons (Fsp3) is 0.308. The molecule has 1 heterocycles. The van der Waals surface area contributed by atoms with Crippen LogP contribution in [0.25, 0.3) is 10.8 Å². The third-order valence-electron chi connectivity index (χ3n) is 2.51. The highest BCUT2D eigenvalue weighted by Gasteiger charge is 2.01. The molecule has 0 fully saturated rings. The van der Waals surface area contributed by atoms with Crippen molar-refractivity contribution < 1.29 is 4.84 Å². The number of aromatic nitrogens is 1. The largest absolute Gasteiger partial charge is 0.411 e. The van der Waals surface area contributed by atoms with Gasteiger partial charge in [0.05, 0.1) is 5.39 Å². The van der Waals surface area contributed by atoms with Crippen LogP contribution in [0.4, 0.5) is 0 Å². The van der Waals surface area contributed by atoms with Gasteiger partial charge in [0.1, 0.15) is 6.61 Å². The molecule has 1 aromatic heterocycles. The monoisotopic (exact) mass is 217 g/mol. The Kier molecular flexibility index (Phi) is 3.25. The molecule has 2 rings (SSSR count). The van der Waals surface area contributed by atoms with Crippen LogP contribution in [0, 0.1) is 0 Å². The number of hydrogen-bond acceptors (Lipinski definition) is 2. The Morgan fingerprint density at radius 3 is 2.88 bits per heavy atom. The van der Waals surface area contributed by atoms with E-state index in [0.717, 1.165) is 18.2 Å². The first kappa shape index (κ1) is 10.7. The van der Waals surface area contributed by atoms with Gasteiger partial charge in [0.2, 0.25) is 0 Å². The molecule has 0 saturated carbocycles. The zero-order valence-corrected chi connectivity index (χ0v) is 9.35. The van der Waals surface area contributed by atoms with Crippen molar-refractivity contribution in [2.24, 2.45) is 0 Å². The summed E-state index contributed by atoms with van der Waals surface area (Å²) in [5, 5.41) is 1.64. The Morgan fingerprint density at radius 2 is 2.06 bits per heavy atom. The molecule has 0 bridgehead atoms. The molecule has 0 radical (unpaired) electrons. The second kappa shape index (κ2) is 4.84. The maximum Gasteiger partial charge on any atom is 0.290 e. The maximum absolute atomic E-state index is 12.0. The van der Waals surface area contributed by atoms with E-state index in [4.69, 9.17) is 4.84 Å². The predicted octanol–water partition coefficient (Wildman–Crippen LogP) is 2.23. The molecule has 84 valence electrons. The number of pyridine rings is 1. The van der Waals surface area contributed by atoms with Gasteiger partial charge in [0, 0.05) is 6.20 Å². The average Bonchev–Trinajstić information content (AvgIpc) is 2.33. The highest BCUT2D eigenvalue weighted by Crippen LogP contribution is 2.07. The Labute approximate surface area is 94.2 Å². The summed E-state index contributed by atoms with van der Waals surface area (Å²) in [6.45, 7) is 2.67. The van der Waals surface area contributed by atoms with Crippen molar-refractivity contribution in [2.45, 2.75) is 19.8 Å². The summed E-state index contributed by atoms with van der Waals surface area (Å²) >= 11 is 0. The molecular weight excluding hydrogens is 202 g/mol. The van der Waals surface area contributed by atoms with E-state index < -0.39 is 0 Å². The summed E-state index contributed by atoms with van der Waals surface area (Å²) in [6.07, 6.45) is 3.70. The molecule has 16 heavy (non-hydrogen) atoms. The summed E-state index contributed by atoms with van der Waals surface area (Å²) < 4.78 is 1.32. The first-order valence-corrected chi connectivity index (χ1v) is 5.56. The van der Waals surface area contributed by atoms with Crippen molar-refractivity contribution in [1.29, 1.82) is 0 Å². The second-order valence-electron chi connectivity index (χ2n) is 3.72. The fourth-order valence-corrected chi connectivity index (χ4v) is 1.58. The van der Waals surface area contributed by atoms with Crippen LogP contribution in [0.1, 0.15) is 19.8 Å². The van der Waals surface area contributed by atoms with Gasteiger partial charge in [-0.25, -0.2) is 0 Å². The normalized spacial score (nSPS) is 10.6. The van der Waals surface area contributed by atoms with Crippen LogP contribution in [-0.2, 0) is 0 Å². The molecule has 0 amide bonds. The molecule has 0 saturated heterocycles. The lowest BCUT2D eigenvalue weighted by Crippen LogP contribution is -2.26. The lowest BCUT2D eigenvalue weighted by atomic mass is 10.2. The average molecular weight is 217 g/mol. The SMILES string of the molecule is CCCCOn1ccc2ccccc2c1=O. The van der Waals surface area contributed by atoms with Crippen LogP contribution in [0.5, 0.6) is 0 Å². The van der Waals surface area contributed by atoms with Gasteiger partial charge in [-0.1, -0.05) is 31.5 Å². The van der Waals surface area contributed by atoms with E-state index in [1.54, 1.807) is 6.20 Å². The van der Waals surface area contributed by atoms with Gasteiger partial charge in [-0.3, -0.25) is 4.79 Å². The molecule has 0 aliphatic heterocycles. The molecule has 3 nitrogen and oxygen atoms in total. The molecule has 0 aliphatic rings. The van der Waals surface area contributed by atoms with Crippen molar-refractivity contribution >= 4 is 10.8 Å². The van der Waals surface area contributed by atoms with Crippen molar-refractivity contribution in [2.75, 3.05) is 6.61 Å². The lowest BCUT2D eigenvalue weighted by molar-refractivity contribution is 0.101. The minimum Gasteiger partial charge on any atom is -0.411 e. The Bertz CT molecular complexity index is 531. The molecule has 0 atom stereocenters. The van der Waals surface area contributed by atoms with E-state index in [2.05, 4.69) is 6.92 Å². The summed E-state index contributed by atoms with van der Waals surface area (Å²) in [6, 6.07) is 9.41. The number of rotatable bonds is 4. The number of hydrogen-bond donors (Lipinski definition) is 0. The Morgan fingerprint density at radius 1 is 1.25 bits per heavy atom. The topological polar surface area (TPSA) is 31.2 Å². The minimum atomic E-state index is -0.0887. The quantitative estimate of drug-likeness (QED) is 0.735. The molecule has 0 N–H and O–H groups in total. The highest BCUT2D eigenvalue weighted by molar-refractivity contribution is 5.80. The van der Waals surface area contributed by atoms with E-state index in [1.807, 2.05) is 30.3 Å². The lowest BCUT2D eigenvalue weighted by Gasteiger charge is -2.08. The van der Waals surface area contributed by atoms with Crippen LogP contribution in [0.15, 0.2) is 41.3 Å². The maximum atomic E-state index is 12.0. The van der Waals surface area contributed by atoms with Crippen molar-refractivity contribution in [3.63, 3.8) is 0 Å². The Hall–Kier alpha value is -1.77. The smallest absolute Gasteiger partial charge is 0.290 e. The third-order valence-corrected chi connectivity index (χ3v) is 2.51. The minimum absolute atomic E-state index is 0.0887. The third kappa shape index (κ3) is 2.08. The van der Waals surface area contributed by atoms with E-state index in [-0.39, 0.29) is 5.56 Å². The molecule has 2 aromatic rings. The molecule has 3 heteroatoms. The van der Waals surface area contributed by atoms with Crippen LogP contribution in [0.2, 0.25) is 0 Å². The predicted molar refractivity (Wildman–Crippen MR) is 64.6 cm³/mol. The van der Waals surface area contributed by atoms with Gasteiger partial charge < -0.3 is 4.84 Å². The summed E-state index contributed by atoms with van der Waals surface area (Å²) in [5.41, 5.74) is -0.0887. The standard InChI is InChI=1S/C13H15NO2/c1-2-3-10-16-14-9-8-11-6-4-5-7-12(11)13(14)15/h4-9H,2-3,10H2,1H3. The number of nitrogens with zero attached hydrogens (tertiary/aromatic N) is 1. The number of benzene rings is 1. The van der Waals surface area contributed by atoms with E-state index in [0.29, 0.717) is 12.0 Å². The summed E-state index contributed by atoms with van der Waals surface area (Å²) in [4.78, 5) is 17.4. The van der Waals surface area contributed by atoms with E-state index in [1.165, 1.54) is 4.73 Å². The first-order chi connectivity index (χ1) is 7.83. The van der Waals surface area contributed by atoms with Crippen LogP contribution in [-0.4, -0.2) is 11.3 Å². The van der Waals surface area contributed by atoms with Gasteiger partial charge in [0.25, 0.3) is 5.56 Å².